The number of carbonyl (C=O) groups excluding carboxylic acids is 1. The molecule has 174 valence electrons. The minimum Gasteiger partial charge on any atom is -0.502 e. The lowest BCUT2D eigenvalue weighted by molar-refractivity contribution is -0.385. The van der Waals surface area contributed by atoms with E-state index in [1.807, 2.05) is 30.3 Å². The molecule has 1 aliphatic heterocycles. The number of ether oxygens (including phenoxy) is 1. The molecule has 2 aromatic carbocycles. The van der Waals surface area contributed by atoms with Crippen LogP contribution >= 0.6 is 27.3 Å². The molecular weight excluding hydrogens is 526 g/mol. The Morgan fingerprint density at radius 2 is 2.06 bits per heavy atom. The van der Waals surface area contributed by atoms with Crippen LogP contribution in [-0.4, -0.2) is 27.2 Å². The number of aromatic nitrogens is 1. The molecule has 0 aliphatic carbocycles. The third kappa shape index (κ3) is 4.19. The van der Waals surface area contributed by atoms with Gasteiger partial charge in [0.25, 0.3) is 5.56 Å². The maximum absolute atomic E-state index is 13.5. The van der Waals surface area contributed by atoms with E-state index in [9.17, 15) is 24.8 Å². The van der Waals surface area contributed by atoms with Crippen molar-refractivity contribution >= 4 is 45.0 Å². The summed E-state index contributed by atoms with van der Waals surface area (Å²) < 4.78 is 7.23. The lowest BCUT2D eigenvalue weighted by Gasteiger charge is -2.24. The van der Waals surface area contributed by atoms with Gasteiger partial charge in [-0.2, -0.15) is 0 Å². The number of halogens is 1. The fraction of sp³-hybridized carbons (Fsp3) is 0.174. The normalized spacial score (nSPS) is 15.6. The van der Waals surface area contributed by atoms with E-state index in [2.05, 4.69) is 20.9 Å². The van der Waals surface area contributed by atoms with Gasteiger partial charge in [0.05, 0.1) is 33.4 Å². The first kappa shape index (κ1) is 23.6. The molecule has 0 radical (unpaired) electrons. The highest BCUT2D eigenvalue weighted by Gasteiger charge is 2.33. The predicted molar refractivity (Wildman–Crippen MR) is 129 cm³/mol. The largest absolute Gasteiger partial charge is 0.502 e. The lowest BCUT2D eigenvalue weighted by atomic mass is 9.96. The number of aromatic hydroxyl groups is 1. The van der Waals surface area contributed by atoms with Crippen molar-refractivity contribution in [2.45, 2.75) is 19.9 Å². The first-order chi connectivity index (χ1) is 16.2. The molecule has 4 rings (SSSR count). The van der Waals surface area contributed by atoms with E-state index < -0.39 is 33.9 Å². The van der Waals surface area contributed by atoms with Gasteiger partial charge in [-0.25, -0.2) is 9.79 Å². The quantitative estimate of drug-likeness (QED) is 0.299. The fourth-order valence-electron chi connectivity index (χ4n) is 3.74. The van der Waals surface area contributed by atoms with Crippen LogP contribution in [0, 0.1) is 10.1 Å². The summed E-state index contributed by atoms with van der Waals surface area (Å²) in [6, 6.07) is 11.0. The van der Waals surface area contributed by atoms with E-state index in [-0.39, 0.29) is 22.3 Å². The highest BCUT2D eigenvalue weighted by molar-refractivity contribution is 9.10. The van der Waals surface area contributed by atoms with Gasteiger partial charge in [-0.1, -0.05) is 57.6 Å². The number of nitrogens with zero attached hydrogens (tertiary/aromatic N) is 3. The Bertz CT molecular complexity index is 1520. The van der Waals surface area contributed by atoms with Crippen molar-refractivity contribution in [1.29, 1.82) is 0 Å². The van der Waals surface area contributed by atoms with Crippen molar-refractivity contribution in [1.82, 2.24) is 4.57 Å². The summed E-state index contributed by atoms with van der Waals surface area (Å²) >= 11 is 4.26. The van der Waals surface area contributed by atoms with Gasteiger partial charge in [-0.15, -0.1) is 0 Å². The fourth-order valence-corrected chi connectivity index (χ4v) is 5.24. The van der Waals surface area contributed by atoms with E-state index in [1.54, 1.807) is 13.8 Å². The molecule has 1 atom stereocenters. The number of benzene rings is 2. The Morgan fingerprint density at radius 1 is 1.35 bits per heavy atom. The Hall–Kier alpha value is -3.57. The summed E-state index contributed by atoms with van der Waals surface area (Å²) in [5.41, 5.74) is 0.552. The zero-order valence-electron chi connectivity index (χ0n) is 18.0. The Morgan fingerprint density at radius 3 is 2.71 bits per heavy atom. The third-order valence-corrected chi connectivity index (χ3v) is 6.64. The maximum atomic E-state index is 13.5. The number of thiazole rings is 1. The molecule has 34 heavy (non-hydrogen) atoms. The number of allylic oxidation sites excluding steroid dienone is 1. The van der Waals surface area contributed by atoms with Crippen LogP contribution in [0.3, 0.4) is 0 Å². The first-order valence-electron chi connectivity index (χ1n) is 10.1. The van der Waals surface area contributed by atoms with Gasteiger partial charge in [0.2, 0.25) is 5.75 Å². The summed E-state index contributed by atoms with van der Waals surface area (Å²) in [5, 5.41) is 21.7. The van der Waals surface area contributed by atoms with Crippen molar-refractivity contribution in [2.24, 2.45) is 4.99 Å². The average molecular weight is 544 g/mol. The third-order valence-electron chi connectivity index (χ3n) is 5.20. The topological polar surface area (TPSA) is 124 Å². The van der Waals surface area contributed by atoms with Crippen LogP contribution in [0.25, 0.3) is 6.08 Å². The van der Waals surface area contributed by atoms with Crippen LogP contribution in [0.4, 0.5) is 5.69 Å². The summed E-state index contributed by atoms with van der Waals surface area (Å²) in [4.78, 5) is 41.8. The molecule has 0 fully saturated rings. The number of esters is 1. The Labute approximate surface area is 205 Å². The van der Waals surface area contributed by atoms with E-state index in [0.29, 0.717) is 20.5 Å². The smallest absolute Gasteiger partial charge is 0.338 e. The molecular formula is C23H18BrN3O6S. The summed E-state index contributed by atoms with van der Waals surface area (Å²) in [5.74, 6) is -1.12. The standard InChI is InChI=1S/C23H18BrN3O6S/c1-3-33-22(30)18-12(2)25-23-26(19(18)13-7-5-4-6-8-13)21(29)17(34-23)10-14-9-15(24)11-16(20(14)28)27(31)32/h4-11,19,28H,3H2,1-2H3/b17-10+/t19-/m1/s1. The van der Waals surface area contributed by atoms with E-state index in [4.69, 9.17) is 4.74 Å². The maximum Gasteiger partial charge on any atom is 0.338 e. The number of nitro groups is 1. The number of phenolic OH excluding ortho intramolecular Hbond substituents is 1. The Kier molecular flexibility index (Phi) is 6.49. The predicted octanol–water partition coefficient (Wildman–Crippen LogP) is 3.17. The molecule has 1 aromatic heterocycles. The van der Waals surface area contributed by atoms with Crippen molar-refractivity contribution in [3.63, 3.8) is 0 Å². The van der Waals surface area contributed by atoms with Gasteiger partial charge in [-0.3, -0.25) is 19.5 Å². The van der Waals surface area contributed by atoms with Gasteiger partial charge in [0.15, 0.2) is 4.80 Å². The number of hydrogen-bond acceptors (Lipinski definition) is 8. The van der Waals surface area contributed by atoms with Crippen LogP contribution in [0.1, 0.15) is 31.0 Å². The van der Waals surface area contributed by atoms with Gasteiger partial charge < -0.3 is 9.84 Å². The second-order valence-corrected chi connectivity index (χ2v) is 9.26. The second-order valence-electron chi connectivity index (χ2n) is 7.33. The molecule has 3 aromatic rings. The van der Waals surface area contributed by atoms with Gasteiger partial charge in [-0.05, 0) is 31.6 Å². The molecule has 0 saturated heterocycles. The average Bonchev–Trinajstić information content (AvgIpc) is 3.10. The molecule has 9 nitrogen and oxygen atoms in total. The van der Waals surface area contributed by atoms with Gasteiger partial charge in [0.1, 0.15) is 0 Å². The molecule has 11 heteroatoms. The number of rotatable bonds is 5. The minimum absolute atomic E-state index is 0.101. The molecule has 0 saturated carbocycles. The van der Waals surface area contributed by atoms with Gasteiger partial charge in [0, 0.05) is 16.1 Å². The van der Waals surface area contributed by atoms with Crippen LogP contribution in [0.5, 0.6) is 5.75 Å². The number of carbonyl (C=O) groups is 1. The van der Waals surface area contributed by atoms with Crippen molar-refractivity contribution in [3.8, 4) is 5.75 Å². The Balaban J connectivity index is 1.98. The zero-order valence-corrected chi connectivity index (χ0v) is 20.4. The van der Waals surface area contributed by atoms with Crippen molar-refractivity contribution < 1.29 is 19.6 Å². The van der Waals surface area contributed by atoms with E-state index in [1.165, 1.54) is 22.8 Å². The van der Waals surface area contributed by atoms with Crippen LogP contribution in [-0.2, 0) is 9.53 Å². The monoisotopic (exact) mass is 543 g/mol. The number of fused-ring (bicyclic) bond motifs is 1. The number of phenols is 1. The second kappa shape index (κ2) is 9.35. The first-order valence-corrected chi connectivity index (χ1v) is 11.7. The van der Waals surface area contributed by atoms with E-state index >= 15 is 0 Å². The zero-order chi connectivity index (χ0) is 24.6. The molecule has 1 aliphatic rings. The summed E-state index contributed by atoms with van der Waals surface area (Å²) in [6.45, 7) is 3.55. The molecule has 0 spiro atoms. The molecule has 1 N–H and O–H groups in total. The van der Waals surface area contributed by atoms with Crippen molar-refractivity contribution in [3.05, 3.63) is 99.1 Å². The number of nitro benzene ring substituents is 1. The van der Waals surface area contributed by atoms with Gasteiger partial charge >= 0.3 is 11.7 Å². The highest BCUT2D eigenvalue weighted by Crippen LogP contribution is 2.34. The number of hydrogen-bond donors (Lipinski definition) is 1. The molecule has 0 bridgehead atoms. The van der Waals surface area contributed by atoms with Crippen molar-refractivity contribution in [2.75, 3.05) is 6.61 Å². The van der Waals surface area contributed by atoms with Crippen LogP contribution in [0.15, 0.2) is 68.0 Å². The molecule has 0 amide bonds. The molecule has 0 unspecified atom stereocenters. The summed E-state index contributed by atoms with van der Waals surface area (Å²) in [6.07, 6.45) is 1.38. The van der Waals surface area contributed by atoms with Crippen LogP contribution < -0.4 is 14.9 Å². The summed E-state index contributed by atoms with van der Waals surface area (Å²) in [7, 11) is 0. The van der Waals surface area contributed by atoms with E-state index in [0.717, 1.165) is 11.3 Å². The minimum atomic E-state index is -0.760. The highest BCUT2D eigenvalue weighted by atomic mass is 79.9. The lowest BCUT2D eigenvalue weighted by Crippen LogP contribution is -2.39. The SMILES string of the molecule is CCOC(=O)C1=C(C)N=c2s/c(=C/c3cc(Br)cc([N+](=O)[O-])c3O)c(=O)n2[C@@H]1c1ccccc1. The molecule has 2 heterocycles. The van der Waals surface area contributed by atoms with Crippen LogP contribution in [0.2, 0.25) is 0 Å².